The molecule has 0 aliphatic carbocycles. The summed E-state index contributed by atoms with van der Waals surface area (Å²) < 4.78 is 24.9. The predicted octanol–water partition coefficient (Wildman–Crippen LogP) is 0.906. The van der Waals surface area contributed by atoms with Crippen LogP contribution < -0.4 is 0 Å². The van der Waals surface area contributed by atoms with Crippen LogP contribution in [0.25, 0.3) is 0 Å². The molecule has 18 heavy (non-hydrogen) atoms. The quantitative estimate of drug-likeness (QED) is 0.600. The number of hydrogen-bond donors (Lipinski definition) is 0. The van der Waals surface area contributed by atoms with E-state index in [4.69, 9.17) is 0 Å². The van der Waals surface area contributed by atoms with E-state index in [2.05, 4.69) is 0 Å². The second kappa shape index (κ2) is 4.37. The minimum atomic E-state index is -3.87. The van der Waals surface area contributed by atoms with Crippen molar-refractivity contribution in [2.75, 3.05) is 6.54 Å². The molecule has 1 aromatic carbocycles. The van der Waals surface area contributed by atoms with E-state index in [0.29, 0.717) is 6.42 Å². The van der Waals surface area contributed by atoms with Gasteiger partial charge in [0.05, 0.1) is 9.82 Å². The molecule has 96 valence electrons. The third kappa shape index (κ3) is 2.06. The zero-order valence-electron chi connectivity index (χ0n) is 9.27. The van der Waals surface area contributed by atoms with Crippen molar-refractivity contribution >= 4 is 21.6 Å². The van der Waals surface area contributed by atoms with E-state index < -0.39 is 20.9 Å². The lowest BCUT2D eigenvalue weighted by atomic mass is 10.3. The first-order chi connectivity index (χ1) is 8.43. The van der Waals surface area contributed by atoms with E-state index in [0.717, 1.165) is 28.6 Å². The molecule has 0 saturated carbocycles. The summed E-state index contributed by atoms with van der Waals surface area (Å²) in [4.78, 5) is 21.1. The van der Waals surface area contributed by atoms with Gasteiger partial charge in [0.15, 0.2) is 0 Å². The third-order valence-electron chi connectivity index (χ3n) is 2.67. The Bertz CT molecular complexity index is 593. The van der Waals surface area contributed by atoms with Crippen LogP contribution in [0, 0.1) is 10.1 Å². The van der Waals surface area contributed by atoms with Gasteiger partial charge in [-0.1, -0.05) is 0 Å². The molecule has 1 aliphatic rings. The third-order valence-corrected chi connectivity index (χ3v) is 4.50. The molecule has 0 bridgehead atoms. The van der Waals surface area contributed by atoms with Crippen LogP contribution in [0.3, 0.4) is 0 Å². The molecule has 0 N–H and O–H groups in total. The van der Waals surface area contributed by atoms with Crippen LogP contribution in [0.1, 0.15) is 12.8 Å². The SMILES string of the molecule is O=C1CCCN1S(=O)(=O)c1ccc([N+](=O)[O-])cc1. The van der Waals surface area contributed by atoms with Gasteiger partial charge in [-0.15, -0.1) is 0 Å². The van der Waals surface area contributed by atoms with Gasteiger partial charge in [-0.25, -0.2) is 12.7 Å². The van der Waals surface area contributed by atoms with Crippen LogP contribution in [-0.4, -0.2) is 30.1 Å². The number of nitro benzene ring substituents is 1. The first-order valence-electron chi connectivity index (χ1n) is 5.23. The van der Waals surface area contributed by atoms with Gasteiger partial charge < -0.3 is 0 Å². The first kappa shape index (κ1) is 12.5. The molecular weight excluding hydrogens is 260 g/mol. The number of carbonyl (C=O) groups excluding carboxylic acids is 1. The Hall–Kier alpha value is -1.96. The molecule has 1 aliphatic heterocycles. The Morgan fingerprint density at radius 1 is 1.22 bits per heavy atom. The highest BCUT2D eigenvalue weighted by atomic mass is 32.2. The van der Waals surface area contributed by atoms with Crippen molar-refractivity contribution in [3.63, 3.8) is 0 Å². The largest absolute Gasteiger partial charge is 0.274 e. The molecule has 8 heteroatoms. The van der Waals surface area contributed by atoms with Gasteiger partial charge in [-0.3, -0.25) is 14.9 Å². The van der Waals surface area contributed by atoms with Gasteiger partial charge in [-0.05, 0) is 18.6 Å². The second-order valence-electron chi connectivity index (χ2n) is 3.83. The molecule has 0 spiro atoms. The van der Waals surface area contributed by atoms with Crippen LogP contribution in [0.15, 0.2) is 29.2 Å². The van der Waals surface area contributed by atoms with Crippen molar-refractivity contribution in [2.24, 2.45) is 0 Å². The van der Waals surface area contributed by atoms with E-state index in [1.54, 1.807) is 0 Å². The summed E-state index contributed by atoms with van der Waals surface area (Å²) in [5.41, 5.74) is -0.193. The number of sulfonamides is 1. The first-order valence-corrected chi connectivity index (χ1v) is 6.67. The highest BCUT2D eigenvalue weighted by Gasteiger charge is 2.32. The smallest absolute Gasteiger partial charge is 0.269 e. The van der Waals surface area contributed by atoms with Gasteiger partial charge in [-0.2, -0.15) is 0 Å². The van der Waals surface area contributed by atoms with Crippen molar-refractivity contribution in [3.8, 4) is 0 Å². The highest BCUT2D eigenvalue weighted by molar-refractivity contribution is 7.89. The summed E-state index contributed by atoms with van der Waals surface area (Å²) >= 11 is 0. The van der Waals surface area contributed by atoms with Crippen LogP contribution in [0.2, 0.25) is 0 Å². The van der Waals surface area contributed by atoms with Crippen molar-refractivity contribution in [1.82, 2.24) is 4.31 Å². The van der Waals surface area contributed by atoms with Gasteiger partial charge in [0, 0.05) is 25.1 Å². The fraction of sp³-hybridized carbons (Fsp3) is 0.300. The second-order valence-corrected chi connectivity index (χ2v) is 5.69. The van der Waals surface area contributed by atoms with E-state index in [-0.39, 0.29) is 23.5 Å². The van der Waals surface area contributed by atoms with Gasteiger partial charge >= 0.3 is 0 Å². The molecule has 2 rings (SSSR count). The lowest BCUT2D eigenvalue weighted by Gasteiger charge is -2.15. The van der Waals surface area contributed by atoms with Gasteiger partial charge in [0.2, 0.25) is 5.91 Å². The average molecular weight is 270 g/mol. The number of nitro groups is 1. The zero-order valence-corrected chi connectivity index (χ0v) is 10.1. The van der Waals surface area contributed by atoms with Crippen molar-refractivity contribution in [1.29, 1.82) is 0 Å². The number of amides is 1. The zero-order chi connectivity index (χ0) is 13.3. The Morgan fingerprint density at radius 2 is 1.83 bits per heavy atom. The van der Waals surface area contributed by atoms with Crippen LogP contribution in [-0.2, 0) is 14.8 Å². The summed E-state index contributed by atoms with van der Waals surface area (Å²) in [6.45, 7) is 0.165. The fourth-order valence-electron chi connectivity index (χ4n) is 1.74. The Morgan fingerprint density at radius 3 is 2.28 bits per heavy atom. The lowest BCUT2D eigenvalue weighted by molar-refractivity contribution is -0.384. The molecule has 0 aromatic heterocycles. The molecule has 0 unspecified atom stereocenters. The Kier molecular flexibility index (Phi) is 3.04. The van der Waals surface area contributed by atoms with Crippen molar-refractivity contribution in [2.45, 2.75) is 17.7 Å². The van der Waals surface area contributed by atoms with Crippen LogP contribution in [0.5, 0.6) is 0 Å². The summed E-state index contributed by atoms with van der Waals surface area (Å²) in [6, 6.07) is 4.49. The molecule has 1 amide bonds. The maximum Gasteiger partial charge on any atom is 0.269 e. The minimum Gasteiger partial charge on any atom is -0.274 e. The fourth-order valence-corrected chi connectivity index (χ4v) is 3.21. The van der Waals surface area contributed by atoms with Crippen LogP contribution >= 0.6 is 0 Å². The number of non-ortho nitro benzene ring substituents is 1. The molecule has 1 saturated heterocycles. The average Bonchev–Trinajstić information content (AvgIpc) is 2.76. The molecular formula is C10H10N2O5S. The standard InChI is InChI=1S/C10H10N2O5S/c13-10-2-1-7-11(10)18(16,17)9-5-3-8(4-6-9)12(14)15/h3-6H,1-2,7H2. The lowest BCUT2D eigenvalue weighted by Crippen LogP contribution is -2.31. The summed E-state index contributed by atoms with van der Waals surface area (Å²) in [5, 5.41) is 10.5. The Labute approximate surface area is 103 Å². The maximum absolute atomic E-state index is 12.1. The van der Waals surface area contributed by atoms with Gasteiger partial charge in [0.25, 0.3) is 15.7 Å². The number of hydrogen-bond acceptors (Lipinski definition) is 5. The molecule has 7 nitrogen and oxygen atoms in total. The van der Waals surface area contributed by atoms with E-state index in [1.807, 2.05) is 0 Å². The monoisotopic (exact) mass is 270 g/mol. The normalized spacial score (nSPS) is 16.0. The topological polar surface area (TPSA) is 97.6 Å². The maximum atomic E-state index is 12.1. The summed E-state index contributed by atoms with van der Waals surface area (Å²) in [5.74, 6) is -0.437. The Balaban J connectivity index is 2.35. The number of nitrogens with zero attached hydrogens (tertiary/aromatic N) is 2. The molecule has 0 radical (unpaired) electrons. The van der Waals surface area contributed by atoms with Gasteiger partial charge in [0.1, 0.15) is 0 Å². The van der Waals surface area contributed by atoms with Crippen molar-refractivity contribution in [3.05, 3.63) is 34.4 Å². The van der Waals surface area contributed by atoms with Crippen LogP contribution in [0.4, 0.5) is 5.69 Å². The molecule has 1 heterocycles. The molecule has 1 aromatic rings. The number of benzene rings is 1. The van der Waals surface area contributed by atoms with E-state index >= 15 is 0 Å². The molecule has 0 atom stereocenters. The van der Waals surface area contributed by atoms with E-state index in [9.17, 15) is 23.3 Å². The number of rotatable bonds is 3. The number of carbonyl (C=O) groups is 1. The van der Waals surface area contributed by atoms with E-state index in [1.165, 1.54) is 0 Å². The summed E-state index contributed by atoms with van der Waals surface area (Å²) in [7, 11) is -3.87. The minimum absolute atomic E-state index is 0.108. The van der Waals surface area contributed by atoms with Crippen molar-refractivity contribution < 1.29 is 18.1 Å². The molecule has 1 fully saturated rings. The predicted molar refractivity (Wildman–Crippen MR) is 61.2 cm³/mol. The summed E-state index contributed by atoms with van der Waals surface area (Å²) in [6.07, 6.45) is 0.720. The highest BCUT2D eigenvalue weighted by Crippen LogP contribution is 2.23.